The van der Waals surface area contributed by atoms with Crippen molar-refractivity contribution in [2.24, 2.45) is 0 Å². The van der Waals surface area contributed by atoms with E-state index in [0.717, 1.165) is 19.5 Å². The lowest BCUT2D eigenvalue weighted by molar-refractivity contribution is -0.671. The third kappa shape index (κ3) is 3.52. The highest BCUT2D eigenvalue weighted by molar-refractivity contribution is 8.03. The summed E-state index contributed by atoms with van der Waals surface area (Å²) >= 11 is 1.85. The number of fused-ring (bicyclic) bond motifs is 2. The summed E-state index contributed by atoms with van der Waals surface area (Å²) in [7, 11) is 0. The maximum Gasteiger partial charge on any atom is 0.213 e. The van der Waals surface area contributed by atoms with E-state index in [1.165, 1.54) is 32.1 Å². The van der Waals surface area contributed by atoms with Crippen LogP contribution in [-0.2, 0) is 6.54 Å². The van der Waals surface area contributed by atoms with Gasteiger partial charge in [0.1, 0.15) is 6.54 Å². The van der Waals surface area contributed by atoms with Gasteiger partial charge in [-0.25, -0.2) is 0 Å². The van der Waals surface area contributed by atoms with E-state index in [0.29, 0.717) is 0 Å². The van der Waals surface area contributed by atoms with Gasteiger partial charge in [-0.2, -0.15) is 4.57 Å². The number of pyridine rings is 1. The number of thioether (sulfide) groups is 1. The van der Waals surface area contributed by atoms with Crippen LogP contribution in [0.15, 0.2) is 82.9 Å². The summed E-state index contributed by atoms with van der Waals surface area (Å²) in [5, 5.41) is 2.59. The summed E-state index contributed by atoms with van der Waals surface area (Å²) in [6.45, 7) is 6.46. The Morgan fingerprint density at radius 1 is 1.00 bits per heavy atom. The van der Waals surface area contributed by atoms with Crippen molar-refractivity contribution in [3.05, 3.63) is 83.5 Å². The molecule has 0 spiro atoms. The quantitative estimate of drug-likeness (QED) is 0.505. The number of nitrogens with zero attached hydrogens (tertiary/aromatic N) is 2. The molecular weight excluding hydrogens is 348 g/mol. The summed E-state index contributed by atoms with van der Waals surface area (Å²) in [6, 6.07) is 19.5. The molecule has 0 bridgehead atoms. The van der Waals surface area contributed by atoms with Gasteiger partial charge in [-0.15, -0.1) is 0 Å². The molecule has 0 saturated carbocycles. The molecule has 0 N–H and O–H groups in total. The Bertz CT molecular complexity index is 1020. The first kappa shape index (κ1) is 17.9. The second kappa shape index (κ2) is 8.01. The predicted molar refractivity (Wildman–Crippen MR) is 117 cm³/mol. The fourth-order valence-electron chi connectivity index (χ4n) is 3.63. The van der Waals surface area contributed by atoms with E-state index in [9.17, 15) is 0 Å². The molecule has 3 aromatic rings. The van der Waals surface area contributed by atoms with Crippen molar-refractivity contribution in [1.82, 2.24) is 0 Å². The topological polar surface area (TPSA) is 7.12 Å². The number of aryl methyl sites for hydroxylation is 1. The van der Waals surface area contributed by atoms with Gasteiger partial charge in [0, 0.05) is 30.0 Å². The molecule has 0 atom stereocenters. The molecule has 1 aromatic heterocycles. The Kier molecular flexibility index (Phi) is 5.30. The molecule has 0 fully saturated rings. The molecule has 2 aromatic carbocycles. The molecule has 4 rings (SSSR count). The van der Waals surface area contributed by atoms with E-state index in [1.54, 1.807) is 0 Å². The zero-order valence-electron chi connectivity index (χ0n) is 15.9. The number of hydrogen-bond acceptors (Lipinski definition) is 2. The van der Waals surface area contributed by atoms with Crippen LogP contribution in [0.25, 0.3) is 17.0 Å². The number of allylic oxidation sites excluding steroid dienone is 2. The standard InChI is InChI=1S/C24H25N2S/c1-3-17-25-18-16-19(20-11-5-6-12-21(20)25)10-9-15-24-26(4-2)22-13-7-8-14-23(22)27-24/h5-16,18H,3-4,17H2,1-2H3/q+1. The van der Waals surface area contributed by atoms with Gasteiger partial charge in [0.25, 0.3) is 0 Å². The first-order valence-corrected chi connectivity index (χ1v) is 10.5. The SMILES string of the molecule is CCC[n+]1ccc(C=CC=C2Sc3ccccc3N2CC)c2ccccc21. The zero-order chi connectivity index (χ0) is 18.6. The monoisotopic (exact) mass is 373 g/mol. The Hall–Kier alpha value is -2.52. The van der Waals surface area contributed by atoms with Crippen LogP contribution in [0.1, 0.15) is 25.8 Å². The Morgan fingerprint density at radius 2 is 1.81 bits per heavy atom. The molecule has 2 nitrogen and oxygen atoms in total. The number of rotatable bonds is 5. The highest BCUT2D eigenvalue weighted by Crippen LogP contribution is 2.45. The van der Waals surface area contributed by atoms with Crippen molar-refractivity contribution < 1.29 is 4.57 Å². The van der Waals surface area contributed by atoms with Crippen molar-refractivity contribution in [1.29, 1.82) is 0 Å². The number of aromatic nitrogens is 1. The van der Waals surface area contributed by atoms with Crippen LogP contribution in [-0.4, -0.2) is 6.54 Å². The van der Waals surface area contributed by atoms with Gasteiger partial charge >= 0.3 is 0 Å². The molecule has 1 aliphatic rings. The van der Waals surface area contributed by atoms with Gasteiger partial charge < -0.3 is 4.90 Å². The smallest absolute Gasteiger partial charge is 0.213 e. The summed E-state index contributed by atoms with van der Waals surface area (Å²) in [5.41, 5.74) is 3.88. The van der Waals surface area contributed by atoms with Crippen LogP contribution in [0.2, 0.25) is 0 Å². The minimum atomic E-state index is 0.981. The van der Waals surface area contributed by atoms with Crippen molar-refractivity contribution >= 4 is 34.4 Å². The van der Waals surface area contributed by atoms with E-state index < -0.39 is 0 Å². The Labute approximate surface area is 165 Å². The van der Waals surface area contributed by atoms with E-state index in [-0.39, 0.29) is 0 Å². The largest absolute Gasteiger partial charge is 0.335 e. The van der Waals surface area contributed by atoms with Crippen LogP contribution in [0, 0.1) is 0 Å². The average Bonchev–Trinajstić information content (AvgIpc) is 3.07. The molecular formula is C24H25N2S+. The predicted octanol–water partition coefficient (Wildman–Crippen LogP) is 6.02. The maximum atomic E-state index is 2.38. The first-order chi connectivity index (χ1) is 13.3. The molecule has 0 saturated heterocycles. The molecule has 1 aliphatic heterocycles. The lowest BCUT2D eigenvalue weighted by atomic mass is 10.1. The Morgan fingerprint density at radius 3 is 2.67 bits per heavy atom. The van der Waals surface area contributed by atoms with Gasteiger partial charge in [0.15, 0.2) is 6.20 Å². The van der Waals surface area contributed by atoms with Gasteiger partial charge in [0.2, 0.25) is 5.52 Å². The van der Waals surface area contributed by atoms with Crippen LogP contribution in [0.3, 0.4) is 0 Å². The van der Waals surface area contributed by atoms with Gasteiger partial charge in [-0.1, -0.05) is 55.1 Å². The zero-order valence-corrected chi connectivity index (χ0v) is 16.7. The minimum absolute atomic E-state index is 0.981. The third-order valence-electron chi connectivity index (χ3n) is 4.89. The molecule has 0 unspecified atom stereocenters. The average molecular weight is 374 g/mol. The highest BCUT2D eigenvalue weighted by atomic mass is 32.2. The normalized spacial score (nSPS) is 15.2. The lowest BCUT2D eigenvalue weighted by Crippen LogP contribution is -2.33. The van der Waals surface area contributed by atoms with Crippen molar-refractivity contribution in [3.8, 4) is 0 Å². The molecule has 0 radical (unpaired) electrons. The van der Waals surface area contributed by atoms with Gasteiger partial charge in [-0.3, -0.25) is 0 Å². The Balaban J connectivity index is 1.64. The summed E-state index contributed by atoms with van der Waals surface area (Å²) < 4.78 is 2.34. The summed E-state index contributed by atoms with van der Waals surface area (Å²) in [5.74, 6) is 0. The van der Waals surface area contributed by atoms with E-state index in [1.807, 2.05) is 11.8 Å². The summed E-state index contributed by atoms with van der Waals surface area (Å²) in [4.78, 5) is 3.72. The van der Waals surface area contributed by atoms with Crippen LogP contribution in [0.4, 0.5) is 5.69 Å². The second-order valence-electron chi connectivity index (χ2n) is 6.66. The number of anilines is 1. The van der Waals surface area contributed by atoms with Crippen LogP contribution >= 0.6 is 11.8 Å². The van der Waals surface area contributed by atoms with E-state index in [4.69, 9.17) is 0 Å². The van der Waals surface area contributed by atoms with E-state index in [2.05, 4.69) is 102 Å². The van der Waals surface area contributed by atoms with Crippen molar-refractivity contribution in [2.75, 3.05) is 11.4 Å². The third-order valence-corrected chi connectivity index (χ3v) is 6.02. The van der Waals surface area contributed by atoms with Gasteiger partial charge in [-0.05, 0) is 36.8 Å². The second-order valence-corrected chi connectivity index (χ2v) is 7.72. The van der Waals surface area contributed by atoms with E-state index >= 15 is 0 Å². The number of hydrogen-bond donors (Lipinski definition) is 0. The van der Waals surface area contributed by atoms with Crippen LogP contribution in [0.5, 0.6) is 0 Å². The van der Waals surface area contributed by atoms with Gasteiger partial charge in [0.05, 0.1) is 16.1 Å². The minimum Gasteiger partial charge on any atom is -0.335 e. The molecule has 0 aliphatic carbocycles. The van der Waals surface area contributed by atoms with Crippen molar-refractivity contribution in [3.63, 3.8) is 0 Å². The fourth-order valence-corrected chi connectivity index (χ4v) is 4.77. The molecule has 0 amide bonds. The molecule has 2 heterocycles. The number of benzene rings is 2. The first-order valence-electron chi connectivity index (χ1n) is 9.65. The maximum absolute atomic E-state index is 2.38. The van der Waals surface area contributed by atoms with Crippen LogP contribution < -0.4 is 9.47 Å². The molecule has 136 valence electrons. The lowest BCUT2D eigenvalue weighted by Gasteiger charge is -2.17. The molecule has 3 heteroatoms. The molecule has 27 heavy (non-hydrogen) atoms. The summed E-state index contributed by atoms with van der Waals surface area (Å²) in [6.07, 6.45) is 9.99. The fraction of sp³-hybridized carbons (Fsp3) is 0.208. The number of para-hydroxylation sites is 2. The van der Waals surface area contributed by atoms with Crippen molar-refractivity contribution in [2.45, 2.75) is 31.7 Å². The highest BCUT2D eigenvalue weighted by Gasteiger charge is 2.22.